The molecule has 0 N–H and O–H groups in total. The van der Waals surface area contributed by atoms with Crippen LogP contribution in [-0.2, 0) is 38.8 Å². The van der Waals surface area contributed by atoms with Crippen LogP contribution in [0.3, 0.4) is 0 Å². The second-order valence-electron chi connectivity index (χ2n) is 6.21. The van der Waals surface area contributed by atoms with Gasteiger partial charge in [0.2, 0.25) is 0 Å². The molecule has 0 radical (unpaired) electrons. The van der Waals surface area contributed by atoms with Crippen molar-refractivity contribution in [1.29, 1.82) is 0 Å². The summed E-state index contributed by atoms with van der Waals surface area (Å²) in [6, 6.07) is 6.53. The molecule has 0 aromatic heterocycles. The first-order valence-electron chi connectivity index (χ1n) is 8.94. The number of hydrogen-bond donors (Lipinski definition) is 0. The van der Waals surface area contributed by atoms with E-state index in [1.165, 1.54) is 6.92 Å². The molecule has 0 aliphatic carbocycles. The highest BCUT2D eigenvalue weighted by Crippen LogP contribution is 2.48. The zero-order valence-corrected chi connectivity index (χ0v) is 16.3. The van der Waals surface area contributed by atoms with Crippen LogP contribution in [0.15, 0.2) is 29.3 Å². The lowest BCUT2D eigenvalue weighted by molar-refractivity contribution is -0.159. The molecule has 8 nitrogen and oxygen atoms in total. The highest BCUT2D eigenvalue weighted by Gasteiger charge is 2.62. The number of carbonyl (C=O) groups is 4. The van der Waals surface area contributed by atoms with Crippen molar-refractivity contribution in [3.05, 3.63) is 29.8 Å². The molecule has 0 amide bonds. The van der Waals surface area contributed by atoms with Gasteiger partial charge in [0, 0.05) is 12.0 Å². The van der Waals surface area contributed by atoms with E-state index in [2.05, 4.69) is 4.99 Å². The number of carbonyl (C=O) groups excluding carboxylic acids is 4. The molecule has 0 spiro atoms. The Morgan fingerprint density at radius 3 is 2.29 bits per heavy atom. The van der Waals surface area contributed by atoms with Crippen LogP contribution in [0.5, 0.6) is 0 Å². The van der Waals surface area contributed by atoms with Gasteiger partial charge in [0.05, 0.1) is 31.9 Å². The predicted octanol–water partition coefficient (Wildman–Crippen LogP) is 1.91. The number of benzene rings is 1. The van der Waals surface area contributed by atoms with E-state index in [0.29, 0.717) is 11.3 Å². The number of aliphatic imine (C=N–C) groups is 1. The Balaban J connectivity index is 2.84. The molecule has 8 heteroatoms. The summed E-state index contributed by atoms with van der Waals surface area (Å²) < 4.78 is 15.2. The largest absolute Gasteiger partial charge is 0.469 e. The van der Waals surface area contributed by atoms with Gasteiger partial charge in [-0.3, -0.25) is 9.59 Å². The van der Waals surface area contributed by atoms with Crippen LogP contribution in [0.4, 0.5) is 5.69 Å². The van der Waals surface area contributed by atoms with Gasteiger partial charge in [-0.05, 0) is 26.8 Å². The predicted molar refractivity (Wildman–Crippen MR) is 99.3 cm³/mol. The normalized spacial score (nSPS) is 18.5. The van der Waals surface area contributed by atoms with Gasteiger partial charge in [-0.2, -0.15) is 0 Å². The van der Waals surface area contributed by atoms with Crippen LogP contribution in [-0.4, -0.2) is 49.7 Å². The summed E-state index contributed by atoms with van der Waals surface area (Å²) in [6.07, 6.45) is -0.335. The minimum atomic E-state index is -1.93. The van der Waals surface area contributed by atoms with E-state index >= 15 is 0 Å². The van der Waals surface area contributed by atoms with Crippen LogP contribution in [0.1, 0.15) is 32.8 Å². The molecule has 2 atom stereocenters. The lowest BCUT2D eigenvalue weighted by atomic mass is 9.66. The lowest BCUT2D eigenvalue weighted by Crippen LogP contribution is -2.55. The average Bonchev–Trinajstić information content (AvgIpc) is 3.02. The van der Waals surface area contributed by atoms with Gasteiger partial charge in [-0.25, -0.2) is 9.79 Å². The van der Waals surface area contributed by atoms with E-state index in [0.717, 1.165) is 7.11 Å². The third-order valence-corrected chi connectivity index (χ3v) is 4.50. The zero-order valence-electron chi connectivity index (χ0n) is 16.3. The minimum absolute atomic E-state index is 0.00677. The van der Waals surface area contributed by atoms with Crippen LogP contribution in [0.2, 0.25) is 0 Å². The number of para-hydroxylation sites is 1. The van der Waals surface area contributed by atoms with Crippen molar-refractivity contribution in [2.75, 3.05) is 20.3 Å². The van der Waals surface area contributed by atoms with Gasteiger partial charge in [0.25, 0.3) is 0 Å². The molecule has 1 aromatic rings. The first-order valence-corrected chi connectivity index (χ1v) is 8.94. The van der Waals surface area contributed by atoms with E-state index in [1.54, 1.807) is 38.1 Å². The van der Waals surface area contributed by atoms with Crippen LogP contribution < -0.4 is 0 Å². The van der Waals surface area contributed by atoms with Gasteiger partial charge in [-0.1, -0.05) is 18.2 Å². The number of fused-ring (bicyclic) bond motifs is 1. The summed E-state index contributed by atoms with van der Waals surface area (Å²) in [5.74, 6) is -4.22. The topological polar surface area (TPSA) is 108 Å². The third-order valence-electron chi connectivity index (χ3n) is 4.50. The van der Waals surface area contributed by atoms with E-state index in [4.69, 9.17) is 14.2 Å². The first kappa shape index (κ1) is 21.3. The molecule has 0 bridgehead atoms. The van der Waals surface area contributed by atoms with Crippen molar-refractivity contribution < 1.29 is 33.4 Å². The molecule has 150 valence electrons. The number of nitrogens with zero attached hydrogens (tertiary/aromatic N) is 1. The van der Waals surface area contributed by atoms with Gasteiger partial charge < -0.3 is 19.0 Å². The molecule has 0 saturated carbocycles. The highest BCUT2D eigenvalue weighted by atomic mass is 16.5. The molecule has 1 aliphatic heterocycles. The third kappa shape index (κ3) is 3.54. The molecule has 0 saturated heterocycles. The Labute approximate surface area is 162 Å². The van der Waals surface area contributed by atoms with E-state index < -0.39 is 29.2 Å². The SMILES string of the molecule is CCOC(=O)C1=Nc2ccccc2C1(C(=O)OCC)[C@H](CC(C)=O)C(=O)OC. The average molecular weight is 389 g/mol. The molecule has 1 aliphatic rings. The fourth-order valence-corrected chi connectivity index (χ4v) is 3.44. The molecule has 0 fully saturated rings. The summed E-state index contributed by atoms with van der Waals surface area (Å²) in [5, 5.41) is 0. The van der Waals surface area contributed by atoms with Crippen molar-refractivity contribution in [3.8, 4) is 0 Å². The lowest BCUT2D eigenvalue weighted by Gasteiger charge is -2.34. The fraction of sp³-hybridized carbons (Fsp3) is 0.450. The van der Waals surface area contributed by atoms with Crippen LogP contribution in [0, 0.1) is 5.92 Å². The molecular formula is C20H23NO7. The highest BCUT2D eigenvalue weighted by molar-refractivity contribution is 6.47. The maximum absolute atomic E-state index is 13.3. The molecule has 1 aromatic carbocycles. The Morgan fingerprint density at radius 2 is 1.71 bits per heavy atom. The smallest absolute Gasteiger partial charge is 0.354 e. The quantitative estimate of drug-likeness (QED) is 0.493. The fourth-order valence-electron chi connectivity index (χ4n) is 3.44. The molecule has 1 heterocycles. The number of rotatable bonds is 8. The first-order chi connectivity index (χ1) is 13.3. The summed E-state index contributed by atoms with van der Waals surface area (Å²) in [4.78, 5) is 54.9. The minimum Gasteiger partial charge on any atom is -0.469 e. The van der Waals surface area contributed by atoms with Crippen molar-refractivity contribution >= 4 is 35.1 Å². The van der Waals surface area contributed by atoms with E-state index in [9.17, 15) is 19.2 Å². The Hall–Kier alpha value is -3.03. The summed E-state index contributed by atoms with van der Waals surface area (Å²) in [7, 11) is 1.15. The number of esters is 3. The second-order valence-corrected chi connectivity index (χ2v) is 6.21. The van der Waals surface area contributed by atoms with Crippen molar-refractivity contribution in [1.82, 2.24) is 0 Å². The van der Waals surface area contributed by atoms with Crippen molar-refractivity contribution in [2.24, 2.45) is 10.9 Å². The molecule has 28 heavy (non-hydrogen) atoms. The Bertz CT molecular complexity index is 830. The van der Waals surface area contributed by atoms with Gasteiger partial charge in [0.1, 0.15) is 11.5 Å². The number of Topliss-reactive ketones (excluding diaryl/α,β-unsaturated/α-hetero) is 1. The monoisotopic (exact) mass is 389 g/mol. The van der Waals surface area contributed by atoms with Gasteiger partial charge in [-0.15, -0.1) is 0 Å². The van der Waals surface area contributed by atoms with Crippen LogP contribution >= 0.6 is 0 Å². The van der Waals surface area contributed by atoms with Crippen LogP contribution in [0.25, 0.3) is 0 Å². The summed E-state index contributed by atoms with van der Waals surface area (Å²) >= 11 is 0. The number of ketones is 1. The van der Waals surface area contributed by atoms with E-state index in [1.807, 2.05) is 0 Å². The summed E-state index contributed by atoms with van der Waals surface area (Å²) in [5.41, 5.74) is -1.59. The number of hydrogen-bond acceptors (Lipinski definition) is 8. The van der Waals surface area contributed by atoms with Crippen molar-refractivity contribution in [2.45, 2.75) is 32.6 Å². The number of ether oxygens (including phenoxy) is 3. The maximum Gasteiger partial charge on any atom is 0.354 e. The van der Waals surface area contributed by atoms with Crippen molar-refractivity contribution in [3.63, 3.8) is 0 Å². The molecular weight excluding hydrogens is 366 g/mol. The molecule has 1 unspecified atom stereocenters. The maximum atomic E-state index is 13.3. The second kappa shape index (κ2) is 8.77. The standard InChI is InChI=1S/C20H23NO7/c1-5-27-18(24)16-20(19(25)28-6-2,13-9-7-8-10-15(13)21-16)14(11-12(3)22)17(23)26-4/h7-10,14H,5-6,11H2,1-4H3/t14-,20?/m1/s1. The Kier molecular flexibility index (Phi) is 6.66. The zero-order chi connectivity index (χ0) is 20.9. The van der Waals surface area contributed by atoms with E-state index in [-0.39, 0.29) is 31.1 Å². The Morgan fingerprint density at radius 1 is 1.07 bits per heavy atom. The molecule has 2 rings (SSSR count). The summed E-state index contributed by atoms with van der Waals surface area (Å²) in [6.45, 7) is 4.55. The van der Waals surface area contributed by atoms with Gasteiger partial charge in [0.15, 0.2) is 5.41 Å². The van der Waals surface area contributed by atoms with Gasteiger partial charge >= 0.3 is 17.9 Å². The number of methoxy groups -OCH3 is 1.